The van der Waals surface area contributed by atoms with E-state index in [0.29, 0.717) is 0 Å². The van der Waals surface area contributed by atoms with Gasteiger partial charge in [-0.1, -0.05) is 25.3 Å². The van der Waals surface area contributed by atoms with Crippen molar-refractivity contribution in [2.45, 2.75) is 51.0 Å². The lowest BCUT2D eigenvalue weighted by Crippen LogP contribution is -2.40. The topological polar surface area (TPSA) is 39.7 Å². The SMILES string of the molecule is CN=C(NCCCN(C)C1CCCCC1)NCCc1cccs1.I. The highest BCUT2D eigenvalue weighted by atomic mass is 127. The van der Waals surface area contributed by atoms with Crippen molar-refractivity contribution in [3.05, 3.63) is 22.4 Å². The van der Waals surface area contributed by atoms with Gasteiger partial charge in [0.2, 0.25) is 0 Å². The molecule has 0 saturated heterocycles. The quantitative estimate of drug-likeness (QED) is 0.267. The van der Waals surface area contributed by atoms with Crippen LogP contribution in [0.5, 0.6) is 0 Å². The molecule has 0 amide bonds. The van der Waals surface area contributed by atoms with Crippen molar-refractivity contribution < 1.29 is 0 Å². The smallest absolute Gasteiger partial charge is 0.190 e. The van der Waals surface area contributed by atoms with Gasteiger partial charge in [-0.05, 0) is 50.7 Å². The van der Waals surface area contributed by atoms with Gasteiger partial charge in [0.25, 0.3) is 0 Å². The Labute approximate surface area is 168 Å². The zero-order chi connectivity index (χ0) is 16.3. The van der Waals surface area contributed by atoms with Gasteiger partial charge in [-0.25, -0.2) is 0 Å². The summed E-state index contributed by atoms with van der Waals surface area (Å²) < 4.78 is 0. The van der Waals surface area contributed by atoms with Crippen LogP contribution in [0.15, 0.2) is 22.5 Å². The number of rotatable bonds is 8. The second kappa shape index (κ2) is 12.9. The Bertz CT molecular complexity index is 444. The molecule has 1 aromatic heterocycles. The molecule has 1 saturated carbocycles. The summed E-state index contributed by atoms with van der Waals surface area (Å²) in [5, 5.41) is 8.94. The van der Waals surface area contributed by atoms with E-state index in [2.05, 4.69) is 45.1 Å². The lowest BCUT2D eigenvalue weighted by molar-refractivity contribution is 0.190. The molecule has 0 spiro atoms. The minimum Gasteiger partial charge on any atom is -0.356 e. The first-order valence-electron chi connectivity index (χ1n) is 8.96. The first kappa shape index (κ1) is 21.7. The van der Waals surface area contributed by atoms with Gasteiger partial charge in [0.15, 0.2) is 5.96 Å². The highest BCUT2D eigenvalue weighted by molar-refractivity contribution is 14.0. The third-order valence-corrected chi connectivity index (χ3v) is 5.58. The Balaban J connectivity index is 0.00000288. The molecule has 1 fully saturated rings. The van der Waals surface area contributed by atoms with Crippen LogP contribution < -0.4 is 10.6 Å². The molecule has 2 N–H and O–H groups in total. The maximum atomic E-state index is 4.30. The van der Waals surface area contributed by atoms with E-state index in [-0.39, 0.29) is 24.0 Å². The Hall–Kier alpha value is -0.340. The van der Waals surface area contributed by atoms with E-state index in [1.807, 2.05) is 18.4 Å². The van der Waals surface area contributed by atoms with Crippen molar-refractivity contribution in [2.75, 3.05) is 33.7 Å². The number of hydrogen-bond acceptors (Lipinski definition) is 3. The third kappa shape index (κ3) is 8.16. The van der Waals surface area contributed by atoms with Crippen molar-refractivity contribution in [3.63, 3.8) is 0 Å². The largest absolute Gasteiger partial charge is 0.356 e. The van der Waals surface area contributed by atoms with Crippen LogP contribution in [-0.2, 0) is 6.42 Å². The number of hydrogen-bond donors (Lipinski definition) is 2. The first-order valence-corrected chi connectivity index (χ1v) is 9.84. The van der Waals surface area contributed by atoms with Crippen molar-refractivity contribution >= 4 is 41.3 Å². The molecule has 2 rings (SSSR count). The molecule has 1 heterocycles. The Morgan fingerprint density at radius 1 is 1.25 bits per heavy atom. The standard InChI is InChI=1S/C18H32N4S.HI/c1-19-18(21-13-11-17-10-6-15-23-17)20-12-7-14-22(2)16-8-4-3-5-9-16;/h6,10,15-16H,3-5,7-9,11-14H2,1-2H3,(H2,19,20,21);1H. The van der Waals surface area contributed by atoms with Gasteiger partial charge in [-0.2, -0.15) is 0 Å². The van der Waals surface area contributed by atoms with Crippen LogP contribution in [0.4, 0.5) is 0 Å². The summed E-state index contributed by atoms with van der Waals surface area (Å²) in [4.78, 5) is 8.27. The van der Waals surface area contributed by atoms with Crippen LogP contribution in [-0.4, -0.2) is 50.6 Å². The molecular formula is C18H33IN4S. The third-order valence-electron chi connectivity index (χ3n) is 4.65. The van der Waals surface area contributed by atoms with Crippen molar-refractivity contribution in [1.29, 1.82) is 0 Å². The molecule has 1 aromatic rings. The van der Waals surface area contributed by atoms with Gasteiger partial charge in [-0.3, -0.25) is 4.99 Å². The molecular weight excluding hydrogens is 431 g/mol. The Morgan fingerprint density at radius 3 is 2.67 bits per heavy atom. The molecule has 6 heteroatoms. The number of thiophene rings is 1. The van der Waals surface area contributed by atoms with E-state index in [1.165, 1.54) is 49.9 Å². The van der Waals surface area contributed by atoms with E-state index < -0.39 is 0 Å². The molecule has 0 bridgehead atoms. The fraction of sp³-hybridized carbons (Fsp3) is 0.722. The first-order chi connectivity index (χ1) is 11.3. The van der Waals surface area contributed by atoms with Crippen LogP contribution in [0.25, 0.3) is 0 Å². The number of guanidine groups is 1. The fourth-order valence-corrected chi connectivity index (χ4v) is 3.93. The van der Waals surface area contributed by atoms with Crippen LogP contribution in [0, 0.1) is 0 Å². The zero-order valence-electron chi connectivity index (χ0n) is 15.1. The van der Waals surface area contributed by atoms with Crippen LogP contribution in [0.3, 0.4) is 0 Å². The van der Waals surface area contributed by atoms with E-state index in [1.54, 1.807) is 0 Å². The minimum absolute atomic E-state index is 0. The van der Waals surface area contributed by atoms with Crippen molar-refractivity contribution in [2.24, 2.45) is 4.99 Å². The fourth-order valence-electron chi connectivity index (χ4n) is 3.22. The summed E-state index contributed by atoms with van der Waals surface area (Å²) in [7, 11) is 4.12. The lowest BCUT2D eigenvalue weighted by atomic mass is 9.94. The van der Waals surface area contributed by atoms with Gasteiger partial charge in [0.05, 0.1) is 0 Å². The molecule has 0 radical (unpaired) electrons. The second-order valence-electron chi connectivity index (χ2n) is 6.38. The number of aliphatic imine (C=N–C) groups is 1. The molecule has 0 aliphatic heterocycles. The maximum Gasteiger partial charge on any atom is 0.190 e. The molecule has 138 valence electrons. The molecule has 0 atom stereocenters. The number of nitrogens with one attached hydrogen (secondary N) is 2. The maximum absolute atomic E-state index is 4.30. The van der Waals surface area contributed by atoms with Crippen molar-refractivity contribution in [3.8, 4) is 0 Å². The predicted molar refractivity (Wildman–Crippen MR) is 117 cm³/mol. The molecule has 4 nitrogen and oxygen atoms in total. The average Bonchev–Trinajstić information content (AvgIpc) is 3.11. The molecule has 24 heavy (non-hydrogen) atoms. The minimum atomic E-state index is 0. The van der Waals surface area contributed by atoms with Crippen LogP contribution >= 0.6 is 35.3 Å². The van der Waals surface area contributed by atoms with Gasteiger partial charge < -0.3 is 15.5 Å². The molecule has 1 aliphatic carbocycles. The average molecular weight is 464 g/mol. The summed E-state index contributed by atoms with van der Waals surface area (Å²) in [6.45, 7) is 3.09. The number of halogens is 1. The van der Waals surface area contributed by atoms with E-state index in [0.717, 1.165) is 31.5 Å². The van der Waals surface area contributed by atoms with Gasteiger partial charge in [-0.15, -0.1) is 35.3 Å². The highest BCUT2D eigenvalue weighted by Gasteiger charge is 2.17. The Morgan fingerprint density at radius 2 is 2.00 bits per heavy atom. The molecule has 0 unspecified atom stereocenters. The van der Waals surface area contributed by atoms with Gasteiger partial charge in [0, 0.05) is 31.1 Å². The van der Waals surface area contributed by atoms with Crippen LogP contribution in [0.2, 0.25) is 0 Å². The Kier molecular flexibility index (Phi) is 11.7. The van der Waals surface area contributed by atoms with E-state index in [9.17, 15) is 0 Å². The predicted octanol–water partition coefficient (Wildman–Crippen LogP) is 3.73. The summed E-state index contributed by atoms with van der Waals surface area (Å²) in [5.74, 6) is 0.918. The summed E-state index contributed by atoms with van der Waals surface area (Å²) >= 11 is 1.81. The number of nitrogens with zero attached hydrogens (tertiary/aromatic N) is 2. The zero-order valence-corrected chi connectivity index (χ0v) is 18.2. The van der Waals surface area contributed by atoms with Gasteiger partial charge in [0.1, 0.15) is 0 Å². The normalized spacial score (nSPS) is 16.0. The molecule has 1 aliphatic rings. The summed E-state index contributed by atoms with van der Waals surface area (Å²) in [6, 6.07) is 5.10. The van der Waals surface area contributed by atoms with Crippen LogP contribution in [0.1, 0.15) is 43.4 Å². The highest BCUT2D eigenvalue weighted by Crippen LogP contribution is 2.21. The summed E-state index contributed by atoms with van der Waals surface area (Å²) in [5.41, 5.74) is 0. The summed E-state index contributed by atoms with van der Waals surface area (Å²) in [6.07, 6.45) is 9.24. The van der Waals surface area contributed by atoms with Crippen molar-refractivity contribution in [1.82, 2.24) is 15.5 Å². The monoisotopic (exact) mass is 464 g/mol. The van der Waals surface area contributed by atoms with Gasteiger partial charge >= 0.3 is 0 Å². The molecule has 0 aromatic carbocycles. The van der Waals surface area contributed by atoms with E-state index >= 15 is 0 Å². The van der Waals surface area contributed by atoms with E-state index in [4.69, 9.17) is 0 Å². The lowest BCUT2D eigenvalue weighted by Gasteiger charge is -2.31. The second-order valence-corrected chi connectivity index (χ2v) is 7.41.